The molecular formula is C12H20N6. The molecule has 98 valence electrons. The minimum Gasteiger partial charge on any atom is -0.340 e. The highest BCUT2D eigenvalue weighted by Crippen LogP contribution is 2.19. The summed E-state index contributed by atoms with van der Waals surface area (Å²) in [6.07, 6.45) is 4.01. The van der Waals surface area contributed by atoms with Gasteiger partial charge in [-0.05, 0) is 25.0 Å². The van der Waals surface area contributed by atoms with Crippen LogP contribution < -0.4 is 16.2 Å². The highest BCUT2D eigenvalue weighted by atomic mass is 15.4. The van der Waals surface area contributed by atoms with Crippen molar-refractivity contribution in [1.29, 1.82) is 0 Å². The Bertz CT molecular complexity index is 516. The molecule has 2 rings (SSSR count). The van der Waals surface area contributed by atoms with Gasteiger partial charge < -0.3 is 10.3 Å². The summed E-state index contributed by atoms with van der Waals surface area (Å²) in [5, 5.41) is 4.50. The van der Waals surface area contributed by atoms with Crippen LogP contribution in [0.2, 0.25) is 0 Å². The van der Waals surface area contributed by atoms with Crippen molar-refractivity contribution in [2.45, 2.75) is 32.7 Å². The van der Waals surface area contributed by atoms with Crippen molar-refractivity contribution in [3.05, 3.63) is 18.3 Å². The Kier molecular flexibility index (Phi) is 3.66. The summed E-state index contributed by atoms with van der Waals surface area (Å²) < 4.78 is 1.79. The molecule has 18 heavy (non-hydrogen) atoms. The molecule has 0 aliphatic rings. The first-order chi connectivity index (χ1) is 8.71. The number of nitrogens with two attached hydrogens (primary N) is 1. The van der Waals surface area contributed by atoms with Crippen molar-refractivity contribution in [3.8, 4) is 0 Å². The first-order valence-electron chi connectivity index (χ1n) is 6.26. The summed E-state index contributed by atoms with van der Waals surface area (Å²) in [7, 11) is 2.02. The lowest BCUT2D eigenvalue weighted by atomic mass is 10.1. The Balaban J connectivity index is 2.44. The number of hydrogen-bond donors (Lipinski definition) is 2. The van der Waals surface area contributed by atoms with Crippen molar-refractivity contribution >= 4 is 17.3 Å². The fourth-order valence-electron chi connectivity index (χ4n) is 2.18. The molecule has 6 heteroatoms. The second-order valence-corrected chi connectivity index (χ2v) is 4.32. The standard InChI is InChI=1S/C12H20N6/c1-4-9(5-2)17(3)12-14-11(15-13)10-7-6-8-18(10)16-12/h6-9H,4-5,13H2,1-3H3,(H,14,15,16). The van der Waals surface area contributed by atoms with Crippen LogP contribution in [0.25, 0.3) is 5.52 Å². The van der Waals surface area contributed by atoms with Crippen molar-refractivity contribution in [2.24, 2.45) is 5.84 Å². The Labute approximate surface area is 107 Å². The normalized spacial score (nSPS) is 11.2. The molecule has 6 nitrogen and oxygen atoms in total. The highest BCUT2D eigenvalue weighted by Gasteiger charge is 2.16. The van der Waals surface area contributed by atoms with Gasteiger partial charge in [0.2, 0.25) is 5.95 Å². The molecule has 0 unspecified atom stereocenters. The fourth-order valence-corrected chi connectivity index (χ4v) is 2.18. The Morgan fingerprint density at radius 2 is 2.17 bits per heavy atom. The van der Waals surface area contributed by atoms with Crippen LogP contribution >= 0.6 is 0 Å². The summed E-state index contributed by atoms with van der Waals surface area (Å²) >= 11 is 0. The van der Waals surface area contributed by atoms with E-state index in [0.29, 0.717) is 17.8 Å². The van der Waals surface area contributed by atoms with Gasteiger partial charge in [-0.1, -0.05) is 13.8 Å². The van der Waals surface area contributed by atoms with E-state index in [1.165, 1.54) is 0 Å². The second kappa shape index (κ2) is 5.22. The molecule has 0 amide bonds. The molecule has 0 aliphatic heterocycles. The summed E-state index contributed by atoms with van der Waals surface area (Å²) in [5.41, 5.74) is 3.50. The average molecular weight is 248 g/mol. The number of nitrogen functional groups attached to an aromatic ring is 1. The van der Waals surface area contributed by atoms with E-state index in [4.69, 9.17) is 5.84 Å². The maximum atomic E-state index is 5.51. The number of hydrogen-bond acceptors (Lipinski definition) is 5. The summed E-state index contributed by atoms with van der Waals surface area (Å²) in [4.78, 5) is 6.56. The lowest BCUT2D eigenvalue weighted by molar-refractivity contribution is 0.576. The van der Waals surface area contributed by atoms with Gasteiger partial charge in [0.15, 0.2) is 5.82 Å². The number of fused-ring (bicyclic) bond motifs is 1. The molecule has 0 radical (unpaired) electrons. The summed E-state index contributed by atoms with van der Waals surface area (Å²) in [6, 6.07) is 4.28. The van der Waals surface area contributed by atoms with E-state index in [2.05, 4.69) is 34.3 Å². The zero-order chi connectivity index (χ0) is 13.1. The Morgan fingerprint density at radius 1 is 1.44 bits per heavy atom. The van der Waals surface area contributed by atoms with Gasteiger partial charge >= 0.3 is 0 Å². The van der Waals surface area contributed by atoms with Gasteiger partial charge in [0.1, 0.15) is 5.52 Å². The van der Waals surface area contributed by atoms with Crippen LogP contribution in [-0.4, -0.2) is 27.7 Å². The van der Waals surface area contributed by atoms with Gasteiger partial charge in [-0.3, -0.25) is 0 Å². The lowest BCUT2D eigenvalue weighted by Gasteiger charge is -2.26. The van der Waals surface area contributed by atoms with Crippen molar-refractivity contribution in [2.75, 3.05) is 17.4 Å². The van der Waals surface area contributed by atoms with Gasteiger partial charge in [0, 0.05) is 19.3 Å². The number of anilines is 2. The maximum absolute atomic E-state index is 5.51. The van der Waals surface area contributed by atoms with Crippen molar-refractivity contribution < 1.29 is 0 Å². The van der Waals surface area contributed by atoms with E-state index >= 15 is 0 Å². The SMILES string of the molecule is CCC(CC)N(C)c1nc(NN)c2cccn2n1. The van der Waals surface area contributed by atoms with Gasteiger partial charge in [-0.25, -0.2) is 10.4 Å². The number of nitrogens with zero attached hydrogens (tertiary/aromatic N) is 4. The zero-order valence-corrected chi connectivity index (χ0v) is 11.1. The molecule has 0 bridgehead atoms. The Hall–Kier alpha value is -1.82. The number of aromatic nitrogens is 3. The summed E-state index contributed by atoms with van der Waals surface area (Å²) in [5.74, 6) is 6.84. The molecular weight excluding hydrogens is 228 g/mol. The average Bonchev–Trinajstić information content (AvgIpc) is 2.86. The third-order valence-corrected chi connectivity index (χ3v) is 3.32. The van der Waals surface area contributed by atoms with E-state index in [1.807, 2.05) is 25.4 Å². The van der Waals surface area contributed by atoms with E-state index < -0.39 is 0 Å². The molecule has 0 aliphatic carbocycles. The van der Waals surface area contributed by atoms with E-state index in [1.54, 1.807) is 4.52 Å². The van der Waals surface area contributed by atoms with Crippen LogP contribution in [0.4, 0.5) is 11.8 Å². The molecule has 0 saturated heterocycles. The van der Waals surface area contributed by atoms with Crippen LogP contribution in [-0.2, 0) is 0 Å². The van der Waals surface area contributed by atoms with Gasteiger partial charge in [-0.2, -0.15) is 4.98 Å². The highest BCUT2D eigenvalue weighted by molar-refractivity contribution is 5.68. The second-order valence-electron chi connectivity index (χ2n) is 4.32. The first-order valence-corrected chi connectivity index (χ1v) is 6.26. The van der Waals surface area contributed by atoms with Gasteiger partial charge in [0.05, 0.1) is 0 Å². The van der Waals surface area contributed by atoms with Crippen LogP contribution in [0.3, 0.4) is 0 Å². The van der Waals surface area contributed by atoms with Crippen molar-refractivity contribution in [1.82, 2.24) is 14.6 Å². The quantitative estimate of drug-likeness (QED) is 0.621. The molecule has 0 aromatic carbocycles. The van der Waals surface area contributed by atoms with Crippen LogP contribution in [0.5, 0.6) is 0 Å². The zero-order valence-electron chi connectivity index (χ0n) is 11.1. The minimum atomic E-state index is 0.434. The summed E-state index contributed by atoms with van der Waals surface area (Å²) in [6.45, 7) is 4.34. The van der Waals surface area contributed by atoms with Crippen LogP contribution in [0, 0.1) is 0 Å². The van der Waals surface area contributed by atoms with E-state index in [9.17, 15) is 0 Å². The molecule has 2 aromatic rings. The fraction of sp³-hybridized carbons (Fsp3) is 0.500. The number of rotatable bonds is 5. The smallest absolute Gasteiger partial charge is 0.245 e. The monoisotopic (exact) mass is 248 g/mol. The minimum absolute atomic E-state index is 0.434. The Morgan fingerprint density at radius 3 is 2.78 bits per heavy atom. The lowest BCUT2D eigenvalue weighted by Crippen LogP contribution is -2.32. The molecule has 0 atom stereocenters. The molecule has 2 heterocycles. The maximum Gasteiger partial charge on any atom is 0.245 e. The van der Waals surface area contributed by atoms with E-state index in [-0.39, 0.29) is 0 Å². The van der Waals surface area contributed by atoms with Gasteiger partial charge in [-0.15, -0.1) is 5.10 Å². The number of nitrogens with one attached hydrogen (secondary N) is 1. The third kappa shape index (κ3) is 2.11. The van der Waals surface area contributed by atoms with Crippen LogP contribution in [0.1, 0.15) is 26.7 Å². The molecule has 3 N–H and O–H groups in total. The number of hydrazine groups is 1. The van der Waals surface area contributed by atoms with Crippen molar-refractivity contribution in [3.63, 3.8) is 0 Å². The first kappa shape index (κ1) is 12.6. The topological polar surface area (TPSA) is 71.5 Å². The third-order valence-electron chi connectivity index (χ3n) is 3.32. The molecule has 0 saturated carbocycles. The largest absolute Gasteiger partial charge is 0.340 e. The molecule has 2 aromatic heterocycles. The van der Waals surface area contributed by atoms with Crippen LogP contribution in [0.15, 0.2) is 18.3 Å². The predicted molar refractivity (Wildman–Crippen MR) is 73.6 cm³/mol. The molecule has 0 fully saturated rings. The predicted octanol–water partition coefficient (Wildman–Crippen LogP) is 1.64. The van der Waals surface area contributed by atoms with Gasteiger partial charge in [0.25, 0.3) is 0 Å². The van der Waals surface area contributed by atoms with E-state index in [0.717, 1.165) is 18.4 Å². The molecule has 0 spiro atoms.